The zero-order valence-electron chi connectivity index (χ0n) is 13.6. The van der Waals surface area contributed by atoms with E-state index in [4.69, 9.17) is 5.84 Å². The minimum atomic E-state index is 0.0791. The van der Waals surface area contributed by atoms with Gasteiger partial charge in [0.15, 0.2) is 0 Å². The molecule has 0 saturated heterocycles. The number of aromatic nitrogens is 3. The van der Waals surface area contributed by atoms with E-state index in [1.807, 2.05) is 38.1 Å². The number of hydrogen-bond donors (Lipinski definition) is 1. The Morgan fingerprint density at radius 1 is 1.21 bits per heavy atom. The monoisotopic (exact) mass is 429 g/mol. The van der Waals surface area contributed by atoms with Gasteiger partial charge in [-0.25, -0.2) is 4.68 Å². The quantitative estimate of drug-likeness (QED) is 0.513. The third-order valence-corrected chi connectivity index (χ3v) is 6.08. The number of carbonyl (C=O) groups is 1. The highest BCUT2D eigenvalue weighted by Crippen LogP contribution is 2.27. The molecule has 2 rings (SSSR count). The number of carbonyl (C=O) groups excluding carboxylic acids is 1. The van der Waals surface area contributed by atoms with Crippen LogP contribution in [0.15, 0.2) is 39.1 Å². The first-order valence-corrected chi connectivity index (χ1v) is 10.3. The van der Waals surface area contributed by atoms with Gasteiger partial charge in [0.2, 0.25) is 16.2 Å². The molecule has 6 nitrogen and oxygen atoms in total. The predicted octanol–water partition coefficient (Wildman–Crippen LogP) is 3.01. The van der Waals surface area contributed by atoms with E-state index >= 15 is 0 Å². The Bertz CT molecular complexity index is 690. The molecule has 130 valence electrons. The van der Waals surface area contributed by atoms with Gasteiger partial charge in [-0.1, -0.05) is 57.7 Å². The smallest absolute Gasteiger partial charge is 0.233 e. The van der Waals surface area contributed by atoms with Gasteiger partial charge >= 0.3 is 0 Å². The molecule has 2 aromatic rings. The zero-order chi connectivity index (χ0) is 17.5. The summed E-state index contributed by atoms with van der Waals surface area (Å²) < 4.78 is 2.50. The van der Waals surface area contributed by atoms with Crippen LogP contribution in [0.25, 0.3) is 0 Å². The van der Waals surface area contributed by atoms with Crippen molar-refractivity contribution >= 4 is 45.4 Å². The van der Waals surface area contributed by atoms with Crippen LogP contribution in [0.1, 0.15) is 19.4 Å². The van der Waals surface area contributed by atoms with E-state index < -0.39 is 0 Å². The van der Waals surface area contributed by atoms with E-state index in [2.05, 4.69) is 26.1 Å². The van der Waals surface area contributed by atoms with Gasteiger partial charge in [-0.15, -0.1) is 10.2 Å². The SMILES string of the molecule is CCN(CC)C(=O)CSc1nnc(SCc2ccccc2Br)n1N. The highest BCUT2D eigenvalue weighted by Gasteiger charge is 2.15. The lowest BCUT2D eigenvalue weighted by Gasteiger charge is -2.17. The molecule has 1 aromatic heterocycles. The molecule has 0 saturated carbocycles. The molecule has 0 fully saturated rings. The summed E-state index contributed by atoms with van der Waals surface area (Å²) in [6.07, 6.45) is 0. The fourth-order valence-electron chi connectivity index (χ4n) is 2.01. The summed E-state index contributed by atoms with van der Waals surface area (Å²) in [5.74, 6) is 7.17. The number of benzene rings is 1. The van der Waals surface area contributed by atoms with Gasteiger partial charge in [-0.2, -0.15) is 0 Å². The van der Waals surface area contributed by atoms with Crippen LogP contribution in [0.2, 0.25) is 0 Å². The number of nitrogens with two attached hydrogens (primary N) is 1. The van der Waals surface area contributed by atoms with Crippen LogP contribution in [0.3, 0.4) is 0 Å². The summed E-state index contributed by atoms with van der Waals surface area (Å²) in [5.41, 5.74) is 1.16. The summed E-state index contributed by atoms with van der Waals surface area (Å²) in [6.45, 7) is 5.35. The van der Waals surface area contributed by atoms with Gasteiger partial charge in [-0.3, -0.25) is 4.79 Å². The number of amides is 1. The Kier molecular flexibility index (Phi) is 7.44. The van der Waals surface area contributed by atoms with Crippen molar-refractivity contribution in [1.82, 2.24) is 19.8 Å². The minimum absolute atomic E-state index is 0.0791. The van der Waals surface area contributed by atoms with Gasteiger partial charge in [0, 0.05) is 23.3 Å². The van der Waals surface area contributed by atoms with Crippen molar-refractivity contribution in [2.75, 3.05) is 24.7 Å². The van der Waals surface area contributed by atoms with E-state index in [9.17, 15) is 4.79 Å². The topological polar surface area (TPSA) is 77.0 Å². The van der Waals surface area contributed by atoms with Crippen molar-refractivity contribution in [3.8, 4) is 0 Å². The molecule has 0 spiro atoms. The summed E-state index contributed by atoms with van der Waals surface area (Å²) in [5, 5.41) is 9.37. The Labute approximate surface area is 158 Å². The maximum atomic E-state index is 12.0. The van der Waals surface area contributed by atoms with Gasteiger partial charge < -0.3 is 10.7 Å². The molecule has 24 heavy (non-hydrogen) atoms. The largest absolute Gasteiger partial charge is 0.343 e. The van der Waals surface area contributed by atoms with Crippen LogP contribution in [0.4, 0.5) is 0 Å². The van der Waals surface area contributed by atoms with Crippen LogP contribution in [0.5, 0.6) is 0 Å². The normalized spacial score (nSPS) is 10.8. The van der Waals surface area contributed by atoms with Crippen LogP contribution < -0.4 is 5.84 Å². The summed E-state index contributed by atoms with van der Waals surface area (Å²) >= 11 is 6.35. The number of nitrogen functional groups attached to an aromatic ring is 1. The molecule has 0 aliphatic heterocycles. The van der Waals surface area contributed by atoms with Crippen LogP contribution >= 0.6 is 39.5 Å². The lowest BCUT2D eigenvalue weighted by atomic mass is 10.2. The fraction of sp³-hybridized carbons (Fsp3) is 0.400. The van der Waals surface area contributed by atoms with Crippen LogP contribution in [0, 0.1) is 0 Å². The third-order valence-electron chi connectivity index (χ3n) is 3.39. The molecule has 0 aliphatic carbocycles. The second-order valence-corrected chi connectivity index (χ2v) is 7.61. The van der Waals surface area contributed by atoms with Crippen molar-refractivity contribution in [2.24, 2.45) is 0 Å². The zero-order valence-corrected chi connectivity index (χ0v) is 16.8. The van der Waals surface area contributed by atoms with Crippen LogP contribution in [-0.2, 0) is 10.5 Å². The first-order chi connectivity index (χ1) is 11.6. The molecule has 0 bridgehead atoms. The van der Waals surface area contributed by atoms with E-state index in [1.165, 1.54) is 28.2 Å². The minimum Gasteiger partial charge on any atom is -0.343 e. The number of halogens is 1. The second kappa shape index (κ2) is 9.33. The Balaban J connectivity index is 1.93. The van der Waals surface area contributed by atoms with Crippen molar-refractivity contribution in [3.05, 3.63) is 34.3 Å². The average Bonchev–Trinajstić information content (AvgIpc) is 2.93. The van der Waals surface area contributed by atoms with Crippen molar-refractivity contribution in [2.45, 2.75) is 29.9 Å². The molecule has 0 aliphatic rings. The molecule has 0 radical (unpaired) electrons. The average molecular weight is 430 g/mol. The van der Waals surface area contributed by atoms with Gasteiger partial charge in [-0.05, 0) is 25.5 Å². The number of thioether (sulfide) groups is 2. The first kappa shape index (κ1) is 19.1. The van der Waals surface area contributed by atoms with E-state index in [1.54, 1.807) is 4.90 Å². The highest BCUT2D eigenvalue weighted by molar-refractivity contribution is 9.10. The maximum absolute atomic E-state index is 12.0. The van der Waals surface area contributed by atoms with Crippen molar-refractivity contribution < 1.29 is 4.79 Å². The maximum Gasteiger partial charge on any atom is 0.233 e. The molecule has 0 unspecified atom stereocenters. The summed E-state index contributed by atoms with van der Waals surface area (Å²) in [6, 6.07) is 8.02. The van der Waals surface area contributed by atoms with E-state index in [0.717, 1.165) is 15.8 Å². The van der Waals surface area contributed by atoms with Crippen molar-refractivity contribution in [1.29, 1.82) is 0 Å². The lowest BCUT2D eigenvalue weighted by molar-refractivity contribution is -0.127. The summed E-state index contributed by atoms with van der Waals surface area (Å²) in [7, 11) is 0. The molecule has 0 atom stereocenters. The molecule has 1 amide bonds. The standard InChI is InChI=1S/C15H20BrN5OS2/c1-3-20(4-2)13(22)10-24-15-19-18-14(21(15)17)23-9-11-7-5-6-8-12(11)16/h5-8H,3-4,9-10,17H2,1-2H3. The number of nitrogens with zero attached hydrogens (tertiary/aromatic N) is 4. The van der Waals surface area contributed by atoms with Gasteiger partial charge in [0.05, 0.1) is 5.75 Å². The Morgan fingerprint density at radius 2 is 1.83 bits per heavy atom. The van der Waals surface area contributed by atoms with E-state index in [0.29, 0.717) is 29.2 Å². The second-order valence-electron chi connectivity index (χ2n) is 4.87. The Morgan fingerprint density at radius 3 is 2.46 bits per heavy atom. The first-order valence-electron chi connectivity index (χ1n) is 7.54. The molecular formula is C15H20BrN5OS2. The van der Waals surface area contributed by atoms with Gasteiger partial charge in [0.25, 0.3) is 0 Å². The Hall–Kier alpha value is -1.19. The molecular weight excluding hydrogens is 410 g/mol. The fourth-order valence-corrected chi connectivity index (χ4v) is 4.30. The molecule has 1 aromatic carbocycles. The van der Waals surface area contributed by atoms with E-state index in [-0.39, 0.29) is 5.91 Å². The highest BCUT2D eigenvalue weighted by atomic mass is 79.9. The predicted molar refractivity (Wildman–Crippen MR) is 103 cm³/mol. The van der Waals surface area contributed by atoms with Gasteiger partial charge in [0.1, 0.15) is 0 Å². The van der Waals surface area contributed by atoms with Crippen LogP contribution in [-0.4, -0.2) is 44.5 Å². The molecule has 9 heteroatoms. The lowest BCUT2D eigenvalue weighted by Crippen LogP contribution is -2.32. The van der Waals surface area contributed by atoms with Crippen molar-refractivity contribution in [3.63, 3.8) is 0 Å². The molecule has 2 N–H and O–H groups in total. The third kappa shape index (κ3) is 4.90. The molecule has 1 heterocycles. The summed E-state index contributed by atoms with van der Waals surface area (Å²) in [4.78, 5) is 13.8. The number of hydrogen-bond acceptors (Lipinski definition) is 6. The number of rotatable bonds is 8.